The Kier molecular flexibility index (Phi) is 9.96. The highest BCUT2D eigenvalue weighted by molar-refractivity contribution is 6.19. The highest BCUT2D eigenvalue weighted by Gasteiger charge is 2.21. The first-order chi connectivity index (χ1) is 36.2. The molecule has 0 aliphatic rings. The fourth-order valence-corrected chi connectivity index (χ4v) is 10.1. The standard InChI is InChI=1S/C64H41N9/c1-6-17-42(18-7-1)55-40-56(43-19-8-2-9-20-43)67-63(66-55)49-25-16-28-51(38-49)71-36-35-48-37-46(29-32-57(48)71)47-30-33-58-53(39-47)52-31-34-59-54(60(52)72(58)50-26-14-5-15-27-50)41-65-73(59)64-69-61(44-21-10-3-11-22-44)68-62(70-64)45-23-12-4-13-24-45/h1-41H. The van der Waals surface area contributed by atoms with Gasteiger partial charge in [0.15, 0.2) is 17.5 Å². The van der Waals surface area contributed by atoms with Gasteiger partial charge in [-0.3, -0.25) is 0 Å². The van der Waals surface area contributed by atoms with E-state index >= 15 is 0 Å². The summed E-state index contributed by atoms with van der Waals surface area (Å²) in [6.07, 6.45) is 4.09. The second-order valence-electron chi connectivity index (χ2n) is 18.1. The Morgan fingerprint density at radius 2 is 0.849 bits per heavy atom. The zero-order valence-corrected chi connectivity index (χ0v) is 39.2. The predicted octanol–water partition coefficient (Wildman–Crippen LogP) is 15.0. The molecule has 9 nitrogen and oxygen atoms in total. The molecule has 342 valence electrons. The third-order valence-corrected chi connectivity index (χ3v) is 13.6. The molecule has 0 aliphatic heterocycles. The molecule has 0 amide bonds. The van der Waals surface area contributed by atoms with Crippen LogP contribution in [0, 0.1) is 0 Å². The van der Waals surface area contributed by atoms with Gasteiger partial charge in [0, 0.05) is 66.9 Å². The molecule has 0 fully saturated rings. The summed E-state index contributed by atoms with van der Waals surface area (Å²) in [7, 11) is 0. The molecule has 0 spiro atoms. The van der Waals surface area contributed by atoms with Gasteiger partial charge in [-0.05, 0) is 83.9 Å². The first-order valence-electron chi connectivity index (χ1n) is 24.3. The maximum absolute atomic E-state index is 5.11. The third kappa shape index (κ3) is 7.42. The first kappa shape index (κ1) is 41.8. The minimum Gasteiger partial charge on any atom is -0.317 e. The lowest BCUT2D eigenvalue weighted by Crippen LogP contribution is -2.07. The van der Waals surface area contributed by atoms with E-state index in [-0.39, 0.29) is 0 Å². The van der Waals surface area contributed by atoms with Crippen LogP contribution < -0.4 is 0 Å². The molecular weight excluding hydrogens is 895 g/mol. The van der Waals surface area contributed by atoms with Crippen LogP contribution in [0.25, 0.3) is 129 Å². The Morgan fingerprint density at radius 1 is 0.315 bits per heavy atom. The number of aromatic nitrogens is 9. The van der Waals surface area contributed by atoms with Crippen molar-refractivity contribution in [3.8, 4) is 85.1 Å². The van der Waals surface area contributed by atoms with Crippen molar-refractivity contribution in [2.24, 2.45) is 0 Å². The molecule has 5 heterocycles. The Hall–Kier alpha value is -10.1. The van der Waals surface area contributed by atoms with Crippen molar-refractivity contribution < 1.29 is 0 Å². The Balaban J connectivity index is 0.853. The van der Waals surface area contributed by atoms with Crippen LogP contribution in [0.2, 0.25) is 0 Å². The maximum Gasteiger partial charge on any atom is 0.255 e. The largest absolute Gasteiger partial charge is 0.317 e. The number of benzene rings is 9. The molecule has 14 rings (SSSR count). The van der Waals surface area contributed by atoms with E-state index in [4.69, 9.17) is 30.0 Å². The summed E-state index contributed by atoms with van der Waals surface area (Å²) in [5.41, 5.74) is 15.1. The zero-order valence-electron chi connectivity index (χ0n) is 39.2. The fraction of sp³-hybridized carbons (Fsp3) is 0. The Bertz CT molecular complexity index is 4240. The molecule has 0 saturated heterocycles. The van der Waals surface area contributed by atoms with Crippen LogP contribution in [0.5, 0.6) is 0 Å². The summed E-state index contributed by atoms with van der Waals surface area (Å²) < 4.78 is 6.43. The number of rotatable bonds is 9. The van der Waals surface area contributed by atoms with Gasteiger partial charge in [0.1, 0.15) is 0 Å². The molecule has 0 bridgehead atoms. The van der Waals surface area contributed by atoms with E-state index in [2.05, 4.69) is 155 Å². The van der Waals surface area contributed by atoms with Gasteiger partial charge >= 0.3 is 0 Å². The normalized spacial score (nSPS) is 11.6. The van der Waals surface area contributed by atoms with E-state index in [0.717, 1.165) is 105 Å². The second-order valence-corrected chi connectivity index (χ2v) is 18.1. The topological polar surface area (TPSA) is 92.1 Å². The van der Waals surface area contributed by atoms with Crippen LogP contribution in [-0.2, 0) is 0 Å². The van der Waals surface area contributed by atoms with Crippen LogP contribution in [0.15, 0.2) is 249 Å². The molecule has 0 saturated carbocycles. The Morgan fingerprint density at radius 3 is 1.49 bits per heavy atom. The molecule has 0 aliphatic carbocycles. The average Bonchev–Trinajstić information content (AvgIpc) is 4.22. The van der Waals surface area contributed by atoms with Crippen molar-refractivity contribution in [2.75, 3.05) is 0 Å². The zero-order chi connectivity index (χ0) is 48.2. The minimum atomic E-state index is 0.448. The van der Waals surface area contributed by atoms with E-state index in [0.29, 0.717) is 23.4 Å². The number of para-hydroxylation sites is 1. The van der Waals surface area contributed by atoms with Crippen LogP contribution >= 0.6 is 0 Å². The van der Waals surface area contributed by atoms with Crippen LogP contribution in [0.1, 0.15) is 0 Å². The third-order valence-electron chi connectivity index (χ3n) is 13.6. The lowest BCUT2D eigenvalue weighted by atomic mass is 10.0. The van der Waals surface area contributed by atoms with Gasteiger partial charge in [-0.25, -0.2) is 15.0 Å². The molecule has 73 heavy (non-hydrogen) atoms. The summed E-state index contributed by atoms with van der Waals surface area (Å²) in [6, 6.07) is 81.8. The van der Waals surface area contributed by atoms with Crippen molar-refractivity contribution in [3.63, 3.8) is 0 Å². The summed E-state index contributed by atoms with van der Waals surface area (Å²) in [4.78, 5) is 25.2. The smallest absolute Gasteiger partial charge is 0.255 e. The van der Waals surface area contributed by atoms with Crippen molar-refractivity contribution >= 4 is 43.6 Å². The van der Waals surface area contributed by atoms with Crippen LogP contribution in [0.3, 0.4) is 0 Å². The summed E-state index contributed by atoms with van der Waals surface area (Å²) in [5, 5.41) is 9.40. The van der Waals surface area contributed by atoms with E-state index < -0.39 is 0 Å². The van der Waals surface area contributed by atoms with Crippen molar-refractivity contribution in [1.29, 1.82) is 0 Å². The molecule has 9 heteroatoms. The second kappa shape index (κ2) is 17.4. The molecule has 9 aromatic carbocycles. The highest BCUT2D eigenvalue weighted by atomic mass is 15.4. The lowest BCUT2D eigenvalue weighted by Gasteiger charge is -2.11. The van der Waals surface area contributed by atoms with Gasteiger partial charge in [0.25, 0.3) is 5.95 Å². The minimum absolute atomic E-state index is 0.448. The SMILES string of the molecule is c1ccc(-c2cc(-c3ccccc3)nc(-c3cccc(-n4ccc5cc(-c6ccc7c(c6)c6ccc8c(cnn8-c8nc(-c9ccccc9)nc(-c9ccccc9)n8)c6n7-c6ccccc6)ccc54)c3)n2)cc1. The monoisotopic (exact) mass is 935 g/mol. The van der Waals surface area contributed by atoms with E-state index in [1.165, 1.54) is 0 Å². The van der Waals surface area contributed by atoms with Gasteiger partial charge in [-0.15, -0.1) is 0 Å². The van der Waals surface area contributed by atoms with Gasteiger partial charge in [0.2, 0.25) is 0 Å². The quantitative estimate of drug-likeness (QED) is 0.143. The average molecular weight is 936 g/mol. The van der Waals surface area contributed by atoms with Gasteiger partial charge < -0.3 is 9.13 Å². The molecular formula is C64H41N9. The molecule has 5 aromatic heterocycles. The number of hydrogen-bond donors (Lipinski definition) is 0. The van der Waals surface area contributed by atoms with Crippen molar-refractivity contribution in [2.45, 2.75) is 0 Å². The van der Waals surface area contributed by atoms with Crippen molar-refractivity contribution in [1.82, 2.24) is 43.8 Å². The molecule has 14 aromatic rings. The number of hydrogen-bond acceptors (Lipinski definition) is 6. The van der Waals surface area contributed by atoms with Gasteiger partial charge in [-0.2, -0.15) is 19.7 Å². The fourth-order valence-electron chi connectivity index (χ4n) is 10.1. The van der Waals surface area contributed by atoms with Gasteiger partial charge in [0.05, 0.1) is 39.7 Å². The van der Waals surface area contributed by atoms with Gasteiger partial charge in [-0.1, -0.05) is 164 Å². The summed E-state index contributed by atoms with van der Waals surface area (Å²) in [6.45, 7) is 0. The molecule has 0 radical (unpaired) electrons. The van der Waals surface area contributed by atoms with E-state index in [1.807, 2.05) is 108 Å². The van der Waals surface area contributed by atoms with Crippen LogP contribution in [0.4, 0.5) is 0 Å². The first-order valence-corrected chi connectivity index (χ1v) is 24.3. The van der Waals surface area contributed by atoms with Crippen molar-refractivity contribution in [3.05, 3.63) is 249 Å². The van der Waals surface area contributed by atoms with E-state index in [1.54, 1.807) is 0 Å². The highest BCUT2D eigenvalue weighted by Crippen LogP contribution is 2.40. The summed E-state index contributed by atoms with van der Waals surface area (Å²) in [5.74, 6) is 2.29. The van der Waals surface area contributed by atoms with Crippen LogP contribution in [-0.4, -0.2) is 43.8 Å². The molecule has 0 N–H and O–H groups in total. The molecule has 0 atom stereocenters. The van der Waals surface area contributed by atoms with E-state index in [9.17, 15) is 0 Å². The number of nitrogens with zero attached hydrogens (tertiary/aromatic N) is 9. The molecule has 0 unspecified atom stereocenters. The Labute approximate surface area is 419 Å². The predicted molar refractivity (Wildman–Crippen MR) is 294 cm³/mol. The summed E-state index contributed by atoms with van der Waals surface area (Å²) >= 11 is 0. The number of fused-ring (bicyclic) bond motifs is 6. The maximum atomic E-state index is 5.11. The lowest BCUT2D eigenvalue weighted by molar-refractivity contribution is 0.823.